The van der Waals surface area contributed by atoms with Crippen molar-refractivity contribution >= 4 is 28.2 Å². The van der Waals surface area contributed by atoms with E-state index in [1.54, 1.807) is 23.5 Å². The van der Waals surface area contributed by atoms with Crippen LogP contribution in [0.25, 0.3) is 0 Å². The molecule has 1 aliphatic carbocycles. The number of hydrogen-bond acceptors (Lipinski definition) is 4. The first-order valence-electron chi connectivity index (χ1n) is 10.6. The Morgan fingerprint density at radius 3 is 2.55 bits per heavy atom. The fourth-order valence-corrected chi connectivity index (χ4v) is 5.65. The van der Waals surface area contributed by atoms with E-state index in [2.05, 4.69) is 24.1 Å². The van der Waals surface area contributed by atoms with E-state index in [4.69, 9.17) is 0 Å². The zero-order chi connectivity index (χ0) is 20.4. The third-order valence-corrected chi connectivity index (χ3v) is 7.27. The van der Waals surface area contributed by atoms with Crippen molar-refractivity contribution in [3.8, 4) is 0 Å². The van der Waals surface area contributed by atoms with Crippen LogP contribution in [0.4, 0.5) is 5.00 Å². The van der Waals surface area contributed by atoms with Crippen LogP contribution in [0.5, 0.6) is 0 Å². The Balaban J connectivity index is 1.63. The summed E-state index contributed by atoms with van der Waals surface area (Å²) in [4.78, 5) is 31.9. The number of carbonyl (C=O) groups is 2. The Bertz CT molecular complexity index is 885. The zero-order valence-electron chi connectivity index (χ0n) is 17.2. The van der Waals surface area contributed by atoms with E-state index in [1.165, 1.54) is 10.4 Å². The molecule has 1 aliphatic heterocycles. The highest BCUT2D eigenvalue weighted by Crippen LogP contribution is 2.40. The molecule has 1 fully saturated rings. The molecule has 1 N–H and O–H groups in total. The standard InChI is InChI=1S/C23H29N3O2S/c1-3-25-11-13-26(14-12-25)23(28)20-18-10-9-16(2)15-19(18)29-22(20)24-21(27)17-7-5-4-6-8-17/h4-8,16H,3,9-15H2,1-2H3,(H,24,27)/t16-/m0/s1. The van der Waals surface area contributed by atoms with Gasteiger partial charge in [-0.2, -0.15) is 0 Å². The number of rotatable bonds is 4. The van der Waals surface area contributed by atoms with Crippen LogP contribution in [0, 0.1) is 5.92 Å². The molecule has 0 saturated carbocycles. The van der Waals surface area contributed by atoms with Crippen LogP contribution < -0.4 is 5.32 Å². The number of nitrogens with zero attached hydrogens (tertiary/aromatic N) is 2. The van der Waals surface area contributed by atoms with Crippen LogP contribution >= 0.6 is 11.3 Å². The van der Waals surface area contributed by atoms with Gasteiger partial charge in [0.05, 0.1) is 5.56 Å². The molecule has 0 bridgehead atoms. The lowest BCUT2D eigenvalue weighted by atomic mass is 9.88. The topological polar surface area (TPSA) is 52.6 Å². The summed E-state index contributed by atoms with van der Waals surface area (Å²) in [5.74, 6) is 0.549. The molecule has 1 atom stereocenters. The van der Waals surface area contributed by atoms with Gasteiger partial charge in [-0.15, -0.1) is 11.3 Å². The first kappa shape index (κ1) is 20.1. The van der Waals surface area contributed by atoms with Crippen LogP contribution in [0.15, 0.2) is 30.3 Å². The average molecular weight is 412 g/mol. The fraction of sp³-hybridized carbons (Fsp3) is 0.478. The minimum absolute atomic E-state index is 0.0798. The van der Waals surface area contributed by atoms with E-state index in [9.17, 15) is 9.59 Å². The second-order valence-electron chi connectivity index (χ2n) is 8.10. The van der Waals surface area contributed by atoms with Crippen molar-refractivity contribution in [3.63, 3.8) is 0 Å². The van der Waals surface area contributed by atoms with E-state index in [0.29, 0.717) is 11.5 Å². The molecule has 29 heavy (non-hydrogen) atoms. The molecule has 2 amide bonds. The van der Waals surface area contributed by atoms with Crippen LogP contribution in [0.2, 0.25) is 0 Å². The van der Waals surface area contributed by atoms with Crippen LogP contribution in [0.3, 0.4) is 0 Å². The molecule has 1 aromatic carbocycles. The molecule has 4 rings (SSSR count). The van der Waals surface area contributed by atoms with Gasteiger partial charge in [-0.25, -0.2) is 0 Å². The van der Waals surface area contributed by atoms with E-state index in [1.807, 2.05) is 23.1 Å². The maximum absolute atomic E-state index is 13.5. The molecule has 6 heteroatoms. The molecule has 2 aliphatic rings. The van der Waals surface area contributed by atoms with Crippen molar-refractivity contribution in [2.45, 2.75) is 33.1 Å². The third kappa shape index (κ3) is 4.23. The first-order chi connectivity index (χ1) is 14.1. The largest absolute Gasteiger partial charge is 0.336 e. The molecule has 1 saturated heterocycles. The van der Waals surface area contributed by atoms with Crippen molar-refractivity contribution in [2.75, 3.05) is 38.0 Å². The third-order valence-electron chi connectivity index (χ3n) is 6.10. The van der Waals surface area contributed by atoms with Gasteiger partial charge in [0.2, 0.25) is 0 Å². The first-order valence-corrected chi connectivity index (χ1v) is 11.4. The molecular formula is C23H29N3O2S. The average Bonchev–Trinajstić information content (AvgIpc) is 3.10. The second kappa shape index (κ2) is 8.67. The van der Waals surface area contributed by atoms with E-state index >= 15 is 0 Å². The number of hydrogen-bond donors (Lipinski definition) is 1. The highest BCUT2D eigenvalue weighted by Gasteiger charge is 2.32. The number of anilines is 1. The van der Waals surface area contributed by atoms with Crippen molar-refractivity contribution < 1.29 is 9.59 Å². The van der Waals surface area contributed by atoms with Gasteiger partial charge >= 0.3 is 0 Å². The lowest BCUT2D eigenvalue weighted by Crippen LogP contribution is -2.48. The van der Waals surface area contributed by atoms with E-state index in [0.717, 1.165) is 62.6 Å². The maximum Gasteiger partial charge on any atom is 0.257 e. The molecule has 0 radical (unpaired) electrons. The zero-order valence-corrected chi connectivity index (χ0v) is 18.1. The lowest BCUT2D eigenvalue weighted by Gasteiger charge is -2.34. The Hall–Kier alpha value is -2.18. The van der Waals surface area contributed by atoms with Gasteiger partial charge < -0.3 is 15.1 Å². The summed E-state index contributed by atoms with van der Waals surface area (Å²) in [6, 6.07) is 9.21. The van der Waals surface area contributed by atoms with Gasteiger partial charge in [0.25, 0.3) is 11.8 Å². The van der Waals surface area contributed by atoms with Gasteiger partial charge in [-0.3, -0.25) is 9.59 Å². The number of nitrogens with one attached hydrogen (secondary N) is 1. The van der Waals surface area contributed by atoms with Gasteiger partial charge in [0, 0.05) is 36.6 Å². The molecule has 0 unspecified atom stereocenters. The van der Waals surface area contributed by atoms with E-state index in [-0.39, 0.29) is 11.8 Å². The second-order valence-corrected chi connectivity index (χ2v) is 9.21. The van der Waals surface area contributed by atoms with Crippen LogP contribution in [-0.2, 0) is 12.8 Å². The van der Waals surface area contributed by atoms with Crippen molar-refractivity contribution in [3.05, 3.63) is 51.9 Å². The van der Waals surface area contributed by atoms with Gasteiger partial charge in [-0.1, -0.05) is 32.0 Å². The molecule has 2 aromatic rings. The number of carbonyl (C=O) groups excluding carboxylic acids is 2. The minimum atomic E-state index is -0.151. The summed E-state index contributed by atoms with van der Waals surface area (Å²) in [6.07, 6.45) is 3.01. The Labute approximate surface area is 176 Å². The number of fused-ring (bicyclic) bond motifs is 1. The molecule has 1 aromatic heterocycles. The van der Waals surface area contributed by atoms with Crippen LogP contribution in [-0.4, -0.2) is 54.3 Å². The Kier molecular flexibility index (Phi) is 6.01. The molecule has 0 spiro atoms. The quantitative estimate of drug-likeness (QED) is 0.830. The predicted octanol–water partition coefficient (Wildman–Crippen LogP) is 3.90. The predicted molar refractivity (Wildman–Crippen MR) is 118 cm³/mol. The van der Waals surface area contributed by atoms with Gasteiger partial charge in [-0.05, 0) is 49.4 Å². The number of piperazine rings is 1. The van der Waals surface area contributed by atoms with Gasteiger partial charge in [0.1, 0.15) is 5.00 Å². The summed E-state index contributed by atoms with van der Waals surface area (Å²) < 4.78 is 0. The molecular weight excluding hydrogens is 382 g/mol. The monoisotopic (exact) mass is 411 g/mol. The highest BCUT2D eigenvalue weighted by molar-refractivity contribution is 7.17. The normalized spacial score (nSPS) is 19.7. The summed E-state index contributed by atoms with van der Waals surface area (Å²) in [5.41, 5.74) is 2.52. The summed E-state index contributed by atoms with van der Waals surface area (Å²) >= 11 is 1.60. The Morgan fingerprint density at radius 1 is 1.14 bits per heavy atom. The van der Waals surface area contributed by atoms with E-state index < -0.39 is 0 Å². The number of amides is 2. The maximum atomic E-state index is 13.5. The van der Waals surface area contributed by atoms with Crippen molar-refractivity contribution in [2.24, 2.45) is 5.92 Å². The summed E-state index contributed by atoms with van der Waals surface area (Å²) in [6.45, 7) is 8.77. The number of benzene rings is 1. The molecule has 154 valence electrons. The summed E-state index contributed by atoms with van der Waals surface area (Å²) in [5, 5.41) is 3.78. The fourth-order valence-electron chi connectivity index (χ4n) is 4.26. The Morgan fingerprint density at radius 2 is 1.86 bits per heavy atom. The molecule has 5 nitrogen and oxygen atoms in total. The van der Waals surface area contributed by atoms with Crippen LogP contribution in [0.1, 0.15) is 51.4 Å². The number of likely N-dealkylation sites (N-methyl/N-ethyl adjacent to an activating group) is 1. The number of thiophene rings is 1. The van der Waals surface area contributed by atoms with Crippen molar-refractivity contribution in [1.29, 1.82) is 0 Å². The molecule has 2 heterocycles. The summed E-state index contributed by atoms with van der Waals surface area (Å²) in [7, 11) is 0. The smallest absolute Gasteiger partial charge is 0.257 e. The SMILES string of the molecule is CCN1CCN(C(=O)c2c(NC(=O)c3ccccc3)sc3c2CC[C@H](C)C3)CC1. The lowest BCUT2D eigenvalue weighted by molar-refractivity contribution is 0.0643. The van der Waals surface area contributed by atoms with Crippen molar-refractivity contribution in [1.82, 2.24) is 9.80 Å². The highest BCUT2D eigenvalue weighted by atomic mass is 32.1. The minimum Gasteiger partial charge on any atom is -0.336 e. The van der Waals surface area contributed by atoms with Gasteiger partial charge in [0.15, 0.2) is 0 Å².